The molecule has 17 N–H and O–H groups in total. The molecule has 11 atom stereocenters. The summed E-state index contributed by atoms with van der Waals surface area (Å²) in [4.78, 5) is 107. The van der Waals surface area contributed by atoms with Gasteiger partial charge in [-0.1, -0.05) is 78.3 Å². The normalized spacial score (nSPS) is 16.1. The van der Waals surface area contributed by atoms with Gasteiger partial charge in [-0.15, -0.1) is 0 Å². The van der Waals surface area contributed by atoms with Crippen molar-refractivity contribution in [3.8, 4) is 0 Å². The van der Waals surface area contributed by atoms with Crippen LogP contribution in [0.2, 0.25) is 0 Å². The van der Waals surface area contributed by atoms with E-state index in [1.807, 2.05) is 0 Å². The van der Waals surface area contributed by atoms with Gasteiger partial charge < -0.3 is 79.2 Å². The second-order valence-corrected chi connectivity index (χ2v) is 17.4. The van der Waals surface area contributed by atoms with Crippen LogP contribution < -0.4 is 54.0 Å². The molecule has 24 heteroatoms. The van der Waals surface area contributed by atoms with Crippen molar-refractivity contribution in [2.24, 2.45) is 29.2 Å². The molecule has 1 aromatic carbocycles. The summed E-state index contributed by atoms with van der Waals surface area (Å²) in [6.45, 7) is 10.9. The van der Waals surface area contributed by atoms with E-state index >= 15 is 0 Å². The van der Waals surface area contributed by atoms with Crippen LogP contribution in [0.4, 0.5) is 0 Å². The van der Waals surface area contributed by atoms with E-state index in [9.17, 15) is 58.8 Å². The third kappa shape index (κ3) is 21.3. The summed E-state index contributed by atoms with van der Waals surface area (Å²) in [6.07, 6.45) is -3.71. The lowest BCUT2D eigenvalue weighted by atomic mass is 9.96. The highest BCUT2D eigenvalue weighted by molar-refractivity contribution is 5.97. The Balaban J connectivity index is 3.17. The summed E-state index contributed by atoms with van der Waals surface area (Å²) in [5, 5.41) is 68.0. The molecule has 24 nitrogen and oxygen atoms in total. The number of rotatable bonds is 30. The van der Waals surface area contributed by atoms with Gasteiger partial charge in [0.25, 0.3) is 0 Å². The Labute approximate surface area is 397 Å². The molecule has 0 bridgehead atoms. The van der Waals surface area contributed by atoms with Crippen molar-refractivity contribution in [2.75, 3.05) is 19.7 Å². The highest BCUT2D eigenvalue weighted by Crippen LogP contribution is 2.13. The van der Waals surface area contributed by atoms with E-state index in [4.69, 9.17) is 21.6 Å². The monoisotopic (exact) mass is 966 g/mol. The van der Waals surface area contributed by atoms with Gasteiger partial charge in [0.1, 0.15) is 42.9 Å². The van der Waals surface area contributed by atoms with Crippen LogP contribution in [-0.4, -0.2) is 154 Å². The molecule has 0 saturated carbocycles. The van der Waals surface area contributed by atoms with Crippen LogP contribution in [0.3, 0.4) is 0 Å². The molecule has 0 saturated heterocycles. The lowest BCUT2D eigenvalue weighted by molar-refractivity contribution is -0.151. The summed E-state index contributed by atoms with van der Waals surface area (Å²) in [5.74, 6) is -8.84. The van der Waals surface area contributed by atoms with Crippen molar-refractivity contribution in [3.05, 3.63) is 35.9 Å². The zero-order chi connectivity index (χ0) is 51.8. The van der Waals surface area contributed by atoms with E-state index < -0.39 is 127 Å². The SMILES string of the molecule is CC[C@H](C)[C@H](NC(=O)[C@@H](CCCNC(=N)N)NC(=O)[C@H](CC(C)C)NC(=O)[C@@H](N)[C@H](O)C(C)C)C(=O)N[C@H](C(=O)NCC(=O)N[C@H](C(=O)N[C@@H](CO)C(=O)OCc1ccccc1)[C@H](C)O)[C@H](C)O. The predicted molar refractivity (Wildman–Crippen MR) is 248 cm³/mol. The second-order valence-electron chi connectivity index (χ2n) is 17.4. The third-order valence-corrected chi connectivity index (χ3v) is 10.7. The molecular formula is C44H75N11O13. The number of nitrogens with one attached hydrogen (secondary N) is 9. The van der Waals surface area contributed by atoms with Crippen LogP contribution in [0.15, 0.2) is 30.3 Å². The summed E-state index contributed by atoms with van der Waals surface area (Å²) in [5.41, 5.74) is 12.0. The highest BCUT2D eigenvalue weighted by Gasteiger charge is 2.36. The van der Waals surface area contributed by atoms with Crippen LogP contribution in [-0.2, 0) is 49.7 Å². The number of hydrogen-bond acceptors (Lipinski definition) is 15. The van der Waals surface area contributed by atoms with Gasteiger partial charge in [-0.2, -0.15) is 0 Å². The highest BCUT2D eigenvalue weighted by atomic mass is 16.5. The average Bonchev–Trinajstić information content (AvgIpc) is 3.28. The molecule has 0 aliphatic carbocycles. The first-order chi connectivity index (χ1) is 31.8. The zero-order valence-corrected chi connectivity index (χ0v) is 40.2. The number of ether oxygens (including phenoxy) is 1. The Morgan fingerprint density at radius 1 is 0.676 bits per heavy atom. The molecule has 0 fully saturated rings. The van der Waals surface area contributed by atoms with E-state index in [-0.39, 0.29) is 50.2 Å². The number of aliphatic hydroxyl groups is 4. The van der Waals surface area contributed by atoms with Gasteiger partial charge in [0.2, 0.25) is 41.4 Å². The van der Waals surface area contributed by atoms with Crippen molar-refractivity contribution in [1.29, 1.82) is 5.41 Å². The van der Waals surface area contributed by atoms with Crippen molar-refractivity contribution in [3.63, 3.8) is 0 Å². The van der Waals surface area contributed by atoms with E-state index in [1.54, 1.807) is 71.9 Å². The van der Waals surface area contributed by atoms with Crippen LogP contribution in [0.1, 0.15) is 86.6 Å². The molecule has 7 amide bonds. The molecule has 1 rings (SSSR count). The first-order valence-electron chi connectivity index (χ1n) is 22.6. The lowest BCUT2D eigenvalue weighted by Gasteiger charge is -2.30. The minimum atomic E-state index is -1.70. The molecule has 0 unspecified atom stereocenters. The van der Waals surface area contributed by atoms with E-state index in [1.165, 1.54) is 13.8 Å². The molecule has 1 aromatic rings. The minimum Gasteiger partial charge on any atom is -0.459 e. The van der Waals surface area contributed by atoms with Crippen molar-refractivity contribution < 1.29 is 63.5 Å². The van der Waals surface area contributed by atoms with Crippen LogP contribution in [0.25, 0.3) is 0 Å². The third-order valence-electron chi connectivity index (χ3n) is 10.7. The van der Waals surface area contributed by atoms with Gasteiger partial charge in [0, 0.05) is 6.54 Å². The maximum atomic E-state index is 14.0. The predicted octanol–water partition coefficient (Wildman–Crippen LogP) is -3.79. The Bertz CT molecular complexity index is 1820. The molecule has 0 radical (unpaired) electrons. The second kappa shape index (κ2) is 30.4. The number of aliphatic hydroxyl groups excluding tert-OH is 4. The Morgan fingerprint density at radius 2 is 1.21 bits per heavy atom. The molecule has 0 aliphatic heterocycles. The zero-order valence-electron chi connectivity index (χ0n) is 40.2. The van der Waals surface area contributed by atoms with E-state index in [2.05, 4.69) is 42.5 Å². The topological polar surface area (TPSA) is 399 Å². The number of benzene rings is 1. The molecule has 0 heterocycles. The molecular weight excluding hydrogens is 891 g/mol. The molecule has 0 aliphatic rings. The number of nitrogens with two attached hydrogens (primary N) is 2. The number of hydrogen-bond donors (Lipinski definition) is 15. The minimum absolute atomic E-state index is 0.0394. The average molecular weight is 966 g/mol. The molecule has 384 valence electrons. The first kappa shape index (κ1) is 60.1. The Hall–Kier alpha value is -5.95. The molecule has 0 spiro atoms. The van der Waals surface area contributed by atoms with Gasteiger partial charge >= 0.3 is 5.97 Å². The van der Waals surface area contributed by atoms with E-state index in [0.717, 1.165) is 0 Å². The largest absolute Gasteiger partial charge is 0.459 e. The van der Waals surface area contributed by atoms with Crippen molar-refractivity contribution in [2.45, 2.75) is 148 Å². The van der Waals surface area contributed by atoms with Crippen LogP contribution in [0.5, 0.6) is 0 Å². The van der Waals surface area contributed by atoms with Gasteiger partial charge in [-0.05, 0) is 56.4 Å². The fourth-order valence-electron chi connectivity index (χ4n) is 6.39. The van der Waals surface area contributed by atoms with Crippen molar-refractivity contribution in [1.82, 2.24) is 42.5 Å². The lowest BCUT2D eigenvalue weighted by Crippen LogP contribution is -2.62. The fraction of sp³-hybridized carbons (Fsp3) is 0.659. The number of amides is 7. The van der Waals surface area contributed by atoms with E-state index in [0.29, 0.717) is 12.0 Å². The summed E-state index contributed by atoms with van der Waals surface area (Å²) in [6, 6.07) is -1.56. The summed E-state index contributed by atoms with van der Waals surface area (Å²) < 4.78 is 5.15. The smallest absolute Gasteiger partial charge is 0.331 e. The fourth-order valence-corrected chi connectivity index (χ4v) is 6.39. The van der Waals surface area contributed by atoms with Gasteiger partial charge in [0.15, 0.2) is 12.0 Å². The number of guanidine groups is 1. The summed E-state index contributed by atoms with van der Waals surface area (Å²) >= 11 is 0. The number of esters is 1. The summed E-state index contributed by atoms with van der Waals surface area (Å²) in [7, 11) is 0. The quantitative estimate of drug-likeness (QED) is 0.0152. The Kier molecular flexibility index (Phi) is 26.9. The maximum absolute atomic E-state index is 14.0. The molecule has 0 aromatic heterocycles. The van der Waals surface area contributed by atoms with Gasteiger partial charge in [0.05, 0.1) is 31.5 Å². The van der Waals surface area contributed by atoms with Crippen molar-refractivity contribution >= 4 is 53.3 Å². The van der Waals surface area contributed by atoms with Crippen LogP contribution in [0, 0.1) is 23.2 Å². The number of carbonyl (C=O) groups is 8. The first-order valence-corrected chi connectivity index (χ1v) is 22.6. The standard InChI is InChI=1S/C44H75N11O13/c1-9-24(6)33(54-37(61)28(16-13-17-48-44(46)47)50-38(62)29(18-22(2)3)51-39(63)32(45)36(60)23(4)5)41(65)55-34(25(7)57)40(64)49-19-31(59)53-35(26(8)58)42(66)52-30(20-56)43(67)68-21-27-14-11-10-12-15-27/h10-12,14-15,22-26,28-30,32-36,56-58,60H,9,13,16-21,45H2,1-8H3,(H,49,64)(H,50,62)(H,51,63)(H,52,66)(H,53,59)(H,54,61)(H,55,65)(H4,46,47,48)/t24-,25-,26-,28+,29-,30-,32-,33-,34-,35-,36+/m0/s1. The maximum Gasteiger partial charge on any atom is 0.331 e. The van der Waals surface area contributed by atoms with Gasteiger partial charge in [-0.25, -0.2) is 4.79 Å². The Morgan fingerprint density at radius 3 is 1.74 bits per heavy atom. The molecule has 68 heavy (non-hydrogen) atoms. The number of carbonyl (C=O) groups excluding carboxylic acids is 8. The van der Waals surface area contributed by atoms with Gasteiger partial charge in [-0.3, -0.25) is 39.0 Å². The van der Waals surface area contributed by atoms with Crippen LogP contribution >= 0.6 is 0 Å².